The van der Waals surface area contributed by atoms with Crippen LogP contribution in [0.1, 0.15) is 26.5 Å². The fourth-order valence-electron chi connectivity index (χ4n) is 2.74. The fraction of sp³-hybridized carbons (Fsp3) is 0.238. The average Bonchev–Trinajstić information content (AvgIpc) is 3.47. The van der Waals surface area contributed by atoms with Crippen molar-refractivity contribution in [1.29, 1.82) is 5.26 Å². The minimum Gasteiger partial charge on any atom is -0.494 e. The number of amides is 1. The molecule has 1 aromatic carbocycles. The number of nitrogens with zero attached hydrogens (tertiary/aromatic N) is 4. The van der Waals surface area contributed by atoms with Crippen LogP contribution in [0.5, 0.6) is 5.75 Å². The maximum atomic E-state index is 12.5. The lowest BCUT2D eigenvalue weighted by Crippen LogP contribution is -2.16. The van der Waals surface area contributed by atoms with Gasteiger partial charge in [0.15, 0.2) is 0 Å². The second-order valence-electron chi connectivity index (χ2n) is 7.17. The highest BCUT2D eigenvalue weighted by Gasteiger charge is 2.25. The Hall–Kier alpha value is -4.09. The van der Waals surface area contributed by atoms with Gasteiger partial charge in [-0.1, -0.05) is 0 Å². The summed E-state index contributed by atoms with van der Waals surface area (Å²) < 4.78 is 38.9. The van der Waals surface area contributed by atoms with E-state index in [2.05, 4.69) is 14.7 Å². The van der Waals surface area contributed by atoms with E-state index in [4.69, 9.17) is 9.15 Å². The van der Waals surface area contributed by atoms with Gasteiger partial charge in [-0.25, -0.2) is 8.42 Å². The molecule has 3 aromatic rings. The topological polar surface area (TPSA) is 178 Å². The van der Waals surface area contributed by atoms with Crippen molar-refractivity contribution in [3.05, 3.63) is 51.8 Å². The summed E-state index contributed by atoms with van der Waals surface area (Å²) in [5.41, 5.74) is -0.410. The number of hydrogen-bond donors (Lipinski definition) is 1. The van der Waals surface area contributed by atoms with Crippen molar-refractivity contribution in [1.82, 2.24) is 9.36 Å². The summed E-state index contributed by atoms with van der Waals surface area (Å²) in [5, 5.41) is 22.0. The summed E-state index contributed by atoms with van der Waals surface area (Å²) in [7, 11) is -3.72. The summed E-state index contributed by atoms with van der Waals surface area (Å²) in [6.07, 6.45) is 1.14. The van der Waals surface area contributed by atoms with Crippen LogP contribution in [0.2, 0.25) is 0 Å². The number of benzene rings is 1. The molecule has 0 spiro atoms. The van der Waals surface area contributed by atoms with Crippen molar-refractivity contribution in [3.8, 4) is 23.1 Å². The van der Waals surface area contributed by atoms with Crippen molar-refractivity contribution >= 4 is 44.2 Å². The molecule has 0 aliphatic heterocycles. The van der Waals surface area contributed by atoms with Crippen molar-refractivity contribution in [2.45, 2.75) is 31.2 Å². The van der Waals surface area contributed by atoms with Gasteiger partial charge in [0.2, 0.25) is 15.0 Å². The standard InChI is InChI=1S/C21H19N5O7S2/c1-4-32-14-5-7-16(17(10-14)26(28)29)18-8-6-15(33-18)9-13(11-22)19(27)23-20-24-21(25-34-20)35(30,31)12(2)3/h5-10,12H,4H2,1-3H3,(H,23,24,25,27)/b13-9-. The molecule has 182 valence electrons. The number of anilines is 1. The Kier molecular flexibility index (Phi) is 7.62. The van der Waals surface area contributed by atoms with Gasteiger partial charge >= 0.3 is 0 Å². The smallest absolute Gasteiger partial charge is 0.284 e. The Balaban J connectivity index is 1.84. The molecule has 1 N–H and O–H groups in total. The number of sulfone groups is 1. The molecule has 0 fully saturated rings. The van der Waals surface area contributed by atoms with E-state index in [1.807, 2.05) is 0 Å². The molecule has 14 heteroatoms. The van der Waals surface area contributed by atoms with Gasteiger partial charge in [0.05, 0.1) is 28.4 Å². The molecule has 2 heterocycles. The van der Waals surface area contributed by atoms with Crippen LogP contribution in [0, 0.1) is 21.4 Å². The molecule has 3 rings (SSSR count). The van der Waals surface area contributed by atoms with Gasteiger partial charge in [-0.2, -0.15) is 14.6 Å². The molecule has 0 saturated carbocycles. The van der Waals surface area contributed by atoms with Crippen LogP contribution in [0.15, 0.2) is 45.5 Å². The van der Waals surface area contributed by atoms with E-state index in [9.17, 15) is 28.6 Å². The molecule has 0 atom stereocenters. The molecular formula is C21H19N5O7S2. The third-order valence-electron chi connectivity index (χ3n) is 4.52. The lowest BCUT2D eigenvalue weighted by atomic mass is 10.1. The molecule has 1 amide bonds. The first kappa shape index (κ1) is 25.5. The molecule has 0 aliphatic carbocycles. The lowest BCUT2D eigenvalue weighted by molar-refractivity contribution is -0.384. The monoisotopic (exact) mass is 517 g/mol. The summed E-state index contributed by atoms with van der Waals surface area (Å²) >= 11 is 0.660. The van der Waals surface area contributed by atoms with Crippen molar-refractivity contribution in [3.63, 3.8) is 0 Å². The second-order valence-corrected chi connectivity index (χ2v) is 10.3. The molecule has 0 saturated heterocycles. The van der Waals surface area contributed by atoms with E-state index in [1.54, 1.807) is 19.1 Å². The summed E-state index contributed by atoms with van der Waals surface area (Å²) in [4.78, 5) is 27.2. The predicted octanol–water partition coefficient (Wildman–Crippen LogP) is 3.83. The number of rotatable bonds is 9. The zero-order chi connectivity index (χ0) is 25.8. The normalized spacial score (nSPS) is 11.8. The Labute approximate surface area is 204 Å². The van der Waals surface area contributed by atoms with Gasteiger partial charge in [0.25, 0.3) is 16.8 Å². The number of nitro groups is 1. The quantitative estimate of drug-likeness (QED) is 0.190. The van der Waals surface area contributed by atoms with E-state index >= 15 is 0 Å². The van der Waals surface area contributed by atoms with Crippen molar-refractivity contribution in [2.24, 2.45) is 0 Å². The van der Waals surface area contributed by atoms with Crippen molar-refractivity contribution < 1.29 is 27.3 Å². The SMILES string of the molecule is CCOc1ccc(-c2ccc(/C=C(/C#N)C(=O)Nc3nc(S(=O)(=O)C(C)C)ns3)o2)c([N+](=O)[O-])c1. The number of aromatic nitrogens is 2. The molecular weight excluding hydrogens is 498 g/mol. The number of nitro benzene ring substituents is 1. The number of hydrogen-bond acceptors (Lipinski definition) is 11. The number of nitriles is 1. The first-order chi connectivity index (χ1) is 16.6. The highest BCUT2D eigenvalue weighted by atomic mass is 32.2. The van der Waals surface area contributed by atoms with E-state index in [0.29, 0.717) is 23.9 Å². The van der Waals surface area contributed by atoms with Gasteiger partial charge in [-0.15, -0.1) is 0 Å². The van der Waals surface area contributed by atoms with Crippen LogP contribution in [0.3, 0.4) is 0 Å². The van der Waals surface area contributed by atoms with Gasteiger partial charge in [0.1, 0.15) is 28.9 Å². The predicted molar refractivity (Wildman–Crippen MR) is 126 cm³/mol. The van der Waals surface area contributed by atoms with E-state index in [-0.39, 0.29) is 33.5 Å². The Morgan fingerprint density at radius 1 is 1.37 bits per heavy atom. The number of nitrogens with one attached hydrogen (secondary N) is 1. The van der Waals surface area contributed by atoms with Crippen molar-refractivity contribution in [2.75, 3.05) is 11.9 Å². The van der Waals surface area contributed by atoms with Gasteiger partial charge in [-0.05, 0) is 45.0 Å². The molecule has 35 heavy (non-hydrogen) atoms. The fourth-order valence-corrected chi connectivity index (χ4v) is 4.44. The summed E-state index contributed by atoms with van der Waals surface area (Å²) in [6, 6.07) is 8.96. The van der Waals surface area contributed by atoms with Crippen LogP contribution in [0.4, 0.5) is 10.8 Å². The molecule has 0 radical (unpaired) electrons. The van der Waals surface area contributed by atoms with Crippen LogP contribution in [-0.2, 0) is 14.6 Å². The zero-order valence-corrected chi connectivity index (χ0v) is 20.3. The molecule has 0 bridgehead atoms. The molecule has 12 nitrogen and oxygen atoms in total. The maximum Gasteiger partial charge on any atom is 0.284 e. The molecule has 0 unspecified atom stereocenters. The second kappa shape index (κ2) is 10.5. The Morgan fingerprint density at radius 3 is 2.74 bits per heavy atom. The largest absolute Gasteiger partial charge is 0.494 e. The third-order valence-corrected chi connectivity index (χ3v) is 7.20. The number of carbonyl (C=O) groups is 1. The van der Waals surface area contributed by atoms with E-state index < -0.39 is 31.1 Å². The zero-order valence-electron chi connectivity index (χ0n) is 18.7. The van der Waals surface area contributed by atoms with Gasteiger partial charge in [-0.3, -0.25) is 20.2 Å². The summed E-state index contributed by atoms with van der Waals surface area (Å²) in [6.45, 7) is 5.05. The first-order valence-electron chi connectivity index (χ1n) is 10.1. The van der Waals surface area contributed by atoms with E-state index in [0.717, 1.165) is 6.08 Å². The Morgan fingerprint density at radius 2 is 2.11 bits per heavy atom. The summed E-state index contributed by atoms with van der Waals surface area (Å²) in [5.74, 6) is -0.284. The minimum absolute atomic E-state index is 0.0928. The number of ether oxygens (including phenoxy) is 1. The average molecular weight is 518 g/mol. The van der Waals surface area contributed by atoms with Gasteiger partial charge in [0, 0.05) is 17.6 Å². The van der Waals surface area contributed by atoms with Crippen LogP contribution in [0.25, 0.3) is 17.4 Å². The van der Waals surface area contributed by atoms with Crippen LogP contribution < -0.4 is 10.1 Å². The molecule has 0 aliphatic rings. The minimum atomic E-state index is -3.72. The maximum absolute atomic E-state index is 12.5. The number of furan rings is 1. The third kappa shape index (κ3) is 5.70. The Bertz CT molecular complexity index is 1450. The van der Waals surface area contributed by atoms with Gasteiger partial charge < -0.3 is 9.15 Å². The van der Waals surface area contributed by atoms with Crippen LogP contribution in [-0.4, -0.2) is 40.5 Å². The first-order valence-corrected chi connectivity index (χ1v) is 12.4. The lowest BCUT2D eigenvalue weighted by Gasteiger charge is -2.05. The van der Waals surface area contributed by atoms with E-state index in [1.165, 1.54) is 38.1 Å². The molecule has 2 aromatic heterocycles. The highest BCUT2D eigenvalue weighted by Crippen LogP contribution is 2.34. The van der Waals surface area contributed by atoms with Crippen LogP contribution >= 0.6 is 11.5 Å². The highest BCUT2D eigenvalue weighted by molar-refractivity contribution is 7.91. The number of carbonyl (C=O) groups excluding carboxylic acids is 1.